The molecule has 0 unspecified atom stereocenters. The summed E-state index contributed by atoms with van der Waals surface area (Å²) in [5.74, 6) is -0.124. The molecule has 0 saturated carbocycles. The minimum atomic E-state index is -0.594. The predicted molar refractivity (Wildman–Crippen MR) is 127 cm³/mol. The van der Waals surface area contributed by atoms with E-state index in [0.717, 1.165) is 0 Å². The van der Waals surface area contributed by atoms with Crippen LogP contribution in [-0.2, 0) is 19.1 Å². The molecule has 0 saturated heterocycles. The molecule has 2 aromatic carbocycles. The van der Waals surface area contributed by atoms with Crippen molar-refractivity contribution in [3.05, 3.63) is 59.4 Å². The van der Waals surface area contributed by atoms with Crippen molar-refractivity contribution >= 4 is 17.5 Å². The van der Waals surface area contributed by atoms with Crippen LogP contribution in [0.2, 0.25) is 0 Å². The van der Waals surface area contributed by atoms with Crippen LogP contribution in [0, 0.1) is 5.82 Å². The summed E-state index contributed by atoms with van der Waals surface area (Å²) in [6.45, 7) is 0.0329. The van der Waals surface area contributed by atoms with E-state index in [2.05, 4.69) is 5.10 Å². The van der Waals surface area contributed by atoms with Gasteiger partial charge in [0.25, 0.3) is 5.91 Å². The van der Waals surface area contributed by atoms with Crippen LogP contribution in [0.15, 0.2) is 47.6 Å². The van der Waals surface area contributed by atoms with Crippen LogP contribution < -0.4 is 9.47 Å². The van der Waals surface area contributed by atoms with Crippen LogP contribution in [-0.4, -0.2) is 82.2 Å². The lowest BCUT2D eigenvalue weighted by molar-refractivity contribution is -0.144. The van der Waals surface area contributed by atoms with Crippen molar-refractivity contribution in [2.45, 2.75) is 12.5 Å². The van der Waals surface area contributed by atoms with Gasteiger partial charge in [0, 0.05) is 38.3 Å². The molecule has 3 rings (SSSR count). The molecule has 0 fully saturated rings. The highest BCUT2D eigenvalue weighted by molar-refractivity contribution is 6.03. The van der Waals surface area contributed by atoms with Crippen molar-refractivity contribution in [2.24, 2.45) is 5.10 Å². The van der Waals surface area contributed by atoms with Crippen molar-refractivity contribution in [2.75, 3.05) is 54.7 Å². The number of hydrazone groups is 1. The number of benzene rings is 2. The van der Waals surface area contributed by atoms with Crippen molar-refractivity contribution < 1.29 is 32.9 Å². The van der Waals surface area contributed by atoms with Gasteiger partial charge < -0.3 is 23.8 Å². The molecule has 0 spiro atoms. The molecule has 188 valence electrons. The Balaban J connectivity index is 1.99. The summed E-state index contributed by atoms with van der Waals surface area (Å²) in [5.41, 5.74) is 1.38. The molecular weight excluding hydrogens is 457 g/mol. The van der Waals surface area contributed by atoms with Crippen LogP contribution in [0.25, 0.3) is 0 Å². The summed E-state index contributed by atoms with van der Waals surface area (Å²) < 4.78 is 35.5. The van der Waals surface area contributed by atoms with Crippen LogP contribution >= 0.6 is 0 Å². The van der Waals surface area contributed by atoms with Gasteiger partial charge in [-0.15, -0.1) is 0 Å². The second kappa shape index (κ2) is 12.3. The summed E-state index contributed by atoms with van der Waals surface area (Å²) in [6.07, 6.45) is 0.250. The highest BCUT2D eigenvalue weighted by Crippen LogP contribution is 2.39. The molecule has 0 radical (unpaired) electrons. The third kappa shape index (κ3) is 6.14. The summed E-state index contributed by atoms with van der Waals surface area (Å²) in [7, 11) is 5.99. The molecule has 0 bridgehead atoms. The average Bonchev–Trinajstić information content (AvgIpc) is 3.31. The van der Waals surface area contributed by atoms with E-state index in [0.29, 0.717) is 28.3 Å². The highest BCUT2D eigenvalue weighted by atomic mass is 19.1. The van der Waals surface area contributed by atoms with E-state index in [1.54, 1.807) is 43.5 Å². The van der Waals surface area contributed by atoms with Crippen LogP contribution in [0.3, 0.4) is 0 Å². The third-order valence-corrected chi connectivity index (χ3v) is 5.66. The summed E-state index contributed by atoms with van der Waals surface area (Å²) in [6, 6.07) is 10.9. The highest BCUT2D eigenvalue weighted by Gasteiger charge is 2.36. The molecule has 2 aromatic rings. The Hall–Kier alpha value is -3.50. The lowest BCUT2D eigenvalue weighted by Gasteiger charge is -2.27. The van der Waals surface area contributed by atoms with Gasteiger partial charge in [-0.05, 0) is 24.3 Å². The van der Waals surface area contributed by atoms with Crippen molar-refractivity contribution in [1.82, 2.24) is 9.91 Å². The fourth-order valence-corrected chi connectivity index (χ4v) is 3.88. The number of rotatable bonds is 11. The first kappa shape index (κ1) is 26.1. The maximum absolute atomic E-state index is 14.6. The number of nitrogens with zero attached hydrogens (tertiary/aromatic N) is 3. The fourth-order valence-electron chi connectivity index (χ4n) is 3.88. The number of halogens is 1. The molecule has 0 aliphatic carbocycles. The summed E-state index contributed by atoms with van der Waals surface area (Å²) in [4.78, 5) is 27.4. The van der Waals surface area contributed by atoms with E-state index < -0.39 is 17.8 Å². The lowest BCUT2D eigenvalue weighted by atomic mass is 9.97. The first-order chi connectivity index (χ1) is 16.9. The Bertz CT molecular complexity index is 1080. The van der Waals surface area contributed by atoms with E-state index in [1.807, 2.05) is 0 Å². The fraction of sp³-hybridized carbons (Fsp3) is 0.400. The van der Waals surface area contributed by atoms with Gasteiger partial charge in [-0.1, -0.05) is 18.2 Å². The Morgan fingerprint density at radius 1 is 1.09 bits per heavy atom. The van der Waals surface area contributed by atoms with E-state index in [9.17, 15) is 14.0 Å². The molecule has 9 nitrogen and oxygen atoms in total. The summed E-state index contributed by atoms with van der Waals surface area (Å²) in [5, 5.41) is 5.80. The van der Waals surface area contributed by atoms with E-state index in [4.69, 9.17) is 18.9 Å². The monoisotopic (exact) mass is 487 g/mol. The van der Waals surface area contributed by atoms with Crippen LogP contribution in [0.5, 0.6) is 11.5 Å². The Labute approximate surface area is 204 Å². The molecule has 1 aliphatic rings. The van der Waals surface area contributed by atoms with Crippen molar-refractivity contribution in [3.63, 3.8) is 0 Å². The molecular formula is C25H30FN3O6. The van der Waals surface area contributed by atoms with E-state index in [-0.39, 0.29) is 38.6 Å². The zero-order chi connectivity index (χ0) is 25.4. The topological polar surface area (TPSA) is 89.9 Å². The van der Waals surface area contributed by atoms with E-state index in [1.165, 1.54) is 37.3 Å². The van der Waals surface area contributed by atoms with Gasteiger partial charge in [-0.3, -0.25) is 9.59 Å². The van der Waals surface area contributed by atoms with Gasteiger partial charge in [-0.2, -0.15) is 5.10 Å². The SMILES string of the molecule is COCCN(CC(=O)N1N=C(c2ccccc2F)C[C@@H]1c1cc(OC)ccc1OC)C(=O)COC. The quantitative estimate of drug-likeness (QED) is 0.484. The first-order valence-electron chi connectivity index (χ1n) is 11.1. The standard InChI is InChI=1S/C25H30FN3O6/c1-32-12-11-28(25(31)16-33-2)15-24(30)29-22(19-13-17(34-3)9-10-23(19)35-4)14-21(27-29)18-7-5-6-8-20(18)26/h5-10,13,22H,11-12,14-16H2,1-4H3/t22-/m1/s1. The smallest absolute Gasteiger partial charge is 0.262 e. The Kier molecular flexibility index (Phi) is 9.16. The minimum Gasteiger partial charge on any atom is -0.497 e. The van der Waals surface area contributed by atoms with Crippen molar-refractivity contribution in [1.29, 1.82) is 0 Å². The molecule has 1 atom stereocenters. The number of hydrogen-bond donors (Lipinski definition) is 0. The average molecular weight is 488 g/mol. The predicted octanol–water partition coefficient (Wildman–Crippen LogP) is 2.64. The maximum Gasteiger partial charge on any atom is 0.262 e. The second-order valence-electron chi connectivity index (χ2n) is 7.83. The second-order valence-corrected chi connectivity index (χ2v) is 7.83. The molecule has 35 heavy (non-hydrogen) atoms. The van der Waals surface area contributed by atoms with Gasteiger partial charge in [0.1, 0.15) is 30.5 Å². The van der Waals surface area contributed by atoms with Crippen molar-refractivity contribution in [3.8, 4) is 11.5 Å². The number of hydrogen-bond acceptors (Lipinski definition) is 7. The zero-order valence-electron chi connectivity index (χ0n) is 20.3. The lowest BCUT2D eigenvalue weighted by Crippen LogP contribution is -2.44. The zero-order valence-corrected chi connectivity index (χ0v) is 20.3. The number of amides is 2. The Morgan fingerprint density at radius 3 is 2.51 bits per heavy atom. The van der Waals surface area contributed by atoms with Crippen LogP contribution in [0.1, 0.15) is 23.6 Å². The molecule has 1 heterocycles. The van der Waals surface area contributed by atoms with Gasteiger partial charge in [0.05, 0.1) is 32.6 Å². The van der Waals surface area contributed by atoms with E-state index >= 15 is 0 Å². The molecule has 1 aliphatic heterocycles. The van der Waals surface area contributed by atoms with Gasteiger partial charge in [0.15, 0.2) is 0 Å². The van der Waals surface area contributed by atoms with Gasteiger partial charge in [-0.25, -0.2) is 9.40 Å². The normalized spacial score (nSPS) is 15.1. The minimum absolute atomic E-state index is 0.173. The third-order valence-electron chi connectivity index (χ3n) is 5.66. The summed E-state index contributed by atoms with van der Waals surface area (Å²) >= 11 is 0. The molecule has 0 aromatic heterocycles. The largest absolute Gasteiger partial charge is 0.497 e. The number of carbonyl (C=O) groups is 2. The molecule has 10 heteroatoms. The maximum atomic E-state index is 14.6. The van der Waals surface area contributed by atoms with Gasteiger partial charge in [0.2, 0.25) is 5.91 Å². The molecule has 2 amide bonds. The first-order valence-corrected chi connectivity index (χ1v) is 11.1. The number of methoxy groups -OCH3 is 4. The number of carbonyl (C=O) groups excluding carboxylic acids is 2. The van der Waals surface area contributed by atoms with Crippen LogP contribution in [0.4, 0.5) is 4.39 Å². The Morgan fingerprint density at radius 2 is 1.86 bits per heavy atom. The molecule has 0 N–H and O–H groups in total. The number of ether oxygens (including phenoxy) is 4. The van der Waals surface area contributed by atoms with Gasteiger partial charge >= 0.3 is 0 Å².